The van der Waals surface area contributed by atoms with Crippen LogP contribution in [-0.2, 0) is 14.9 Å². The molecule has 0 aromatic heterocycles. The third kappa shape index (κ3) is 4.01. The Hall–Kier alpha value is -1.26. The second-order valence-electron chi connectivity index (χ2n) is 9.18. The maximum Gasteiger partial charge on any atom is 0.161 e. The summed E-state index contributed by atoms with van der Waals surface area (Å²) in [4.78, 5) is 0. The van der Waals surface area contributed by atoms with Crippen LogP contribution in [-0.4, -0.2) is 39.6 Å². The van der Waals surface area contributed by atoms with Crippen molar-refractivity contribution >= 4 is 0 Å². The van der Waals surface area contributed by atoms with Crippen LogP contribution in [0.3, 0.4) is 0 Å². The van der Waals surface area contributed by atoms with Crippen LogP contribution >= 0.6 is 0 Å². The van der Waals surface area contributed by atoms with Crippen molar-refractivity contribution in [3.8, 4) is 11.5 Å². The highest BCUT2D eigenvalue weighted by molar-refractivity contribution is 5.45. The van der Waals surface area contributed by atoms with Crippen LogP contribution in [0.5, 0.6) is 11.5 Å². The van der Waals surface area contributed by atoms with E-state index < -0.39 is 0 Å². The van der Waals surface area contributed by atoms with E-state index in [1.54, 1.807) is 0 Å². The summed E-state index contributed by atoms with van der Waals surface area (Å²) in [6.07, 6.45) is 2.14. The van der Waals surface area contributed by atoms with Gasteiger partial charge in [-0.2, -0.15) is 0 Å². The summed E-state index contributed by atoms with van der Waals surface area (Å²) in [6.45, 7) is 15.6. The van der Waals surface area contributed by atoms with Crippen LogP contribution in [0.1, 0.15) is 53.0 Å². The largest absolute Gasteiger partial charge is 0.489 e. The Morgan fingerprint density at radius 1 is 0.846 bits per heavy atom. The normalized spacial score (nSPS) is 20.8. The fraction of sp³-hybridized carbons (Fsp3) is 0.727. The van der Waals surface area contributed by atoms with E-state index in [2.05, 4.69) is 52.8 Å². The average molecular weight is 363 g/mol. The maximum atomic E-state index is 6.29. The molecule has 1 aromatic carbocycles. The lowest BCUT2D eigenvalue weighted by molar-refractivity contribution is -0.136. The Morgan fingerprint density at radius 3 is 1.73 bits per heavy atom. The Morgan fingerprint density at radius 2 is 1.35 bits per heavy atom. The van der Waals surface area contributed by atoms with Crippen LogP contribution in [0.15, 0.2) is 18.2 Å². The van der Waals surface area contributed by atoms with Crippen molar-refractivity contribution in [3.05, 3.63) is 23.8 Å². The van der Waals surface area contributed by atoms with Crippen LogP contribution in [0.4, 0.5) is 0 Å². The molecule has 2 heterocycles. The summed E-state index contributed by atoms with van der Waals surface area (Å²) in [5.74, 6) is 1.69. The van der Waals surface area contributed by atoms with Gasteiger partial charge in [0.25, 0.3) is 0 Å². The third-order valence-electron chi connectivity index (χ3n) is 6.01. The number of rotatable bonds is 8. The van der Waals surface area contributed by atoms with Crippen LogP contribution in [0.2, 0.25) is 0 Å². The van der Waals surface area contributed by atoms with Gasteiger partial charge in [0.1, 0.15) is 0 Å². The Labute approximate surface area is 158 Å². The molecule has 4 nitrogen and oxygen atoms in total. The molecule has 3 rings (SSSR count). The lowest BCUT2D eigenvalue weighted by Gasteiger charge is -2.41. The molecule has 0 saturated carbocycles. The average Bonchev–Trinajstić information content (AvgIpc) is 2.53. The Kier molecular flexibility index (Phi) is 5.55. The molecule has 26 heavy (non-hydrogen) atoms. The van der Waals surface area contributed by atoms with Gasteiger partial charge in [0, 0.05) is 0 Å². The number of ether oxygens (including phenoxy) is 4. The topological polar surface area (TPSA) is 36.9 Å². The van der Waals surface area contributed by atoms with Gasteiger partial charge in [-0.3, -0.25) is 0 Å². The maximum absolute atomic E-state index is 6.29. The van der Waals surface area contributed by atoms with Gasteiger partial charge in [-0.1, -0.05) is 40.7 Å². The predicted molar refractivity (Wildman–Crippen MR) is 103 cm³/mol. The molecular formula is C22H34O4. The van der Waals surface area contributed by atoms with Crippen molar-refractivity contribution in [2.45, 2.75) is 52.9 Å². The van der Waals surface area contributed by atoms with E-state index in [4.69, 9.17) is 18.9 Å². The predicted octanol–water partition coefficient (Wildman–Crippen LogP) is 4.59. The van der Waals surface area contributed by atoms with E-state index in [-0.39, 0.29) is 16.2 Å². The lowest BCUT2D eigenvalue weighted by Crippen LogP contribution is -2.47. The van der Waals surface area contributed by atoms with E-state index in [1.807, 2.05) is 0 Å². The highest BCUT2D eigenvalue weighted by atomic mass is 16.5. The number of hydrogen-bond donors (Lipinski definition) is 0. The standard InChI is InChI=1S/C22H34O4/c1-6-21(11-23-12-21)15-25-18-9-8-17(20(3,4)5)10-19(18)26-16-22(7-2)13-24-14-22/h8-10H,6-7,11-16H2,1-5H3. The highest BCUT2D eigenvalue weighted by Crippen LogP contribution is 2.39. The zero-order valence-electron chi connectivity index (χ0n) is 17.0. The Balaban J connectivity index is 1.75. The lowest BCUT2D eigenvalue weighted by atomic mass is 9.84. The van der Waals surface area contributed by atoms with Gasteiger partial charge >= 0.3 is 0 Å². The first-order chi connectivity index (χ1) is 12.3. The van der Waals surface area contributed by atoms with Crippen molar-refractivity contribution in [3.63, 3.8) is 0 Å². The van der Waals surface area contributed by atoms with Crippen molar-refractivity contribution in [2.75, 3.05) is 39.6 Å². The molecule has 0 atom stereocenters. The van der Waals surface area contributed by atoms with Crippen LogP contribution in [0.25, 0.3) is 0 Å². The molecule has 2 fully saturated rings. The van der Waals surface area contributed by atoms with E-state index in [0.29, 0.717) is 13.2 Å². The summed E-state index contributed by atoms with van der Waals surface area (Å²) in [5, 5.41) is 0. The molecule has 2 saturated heterocycles. The van der Waals surface area contributed by atoms with Gasteiger partial charge < -0.3 is 18.9 Å². The number of benzene rings is 1. The summed E-state index contributed by atoms with van der Waals surface area (Å²) < 4.78 is 23.3. The molecule has 0 N–H and O–H groups in total. The summed E-state index contributed by atoms with van der Waals surface area (Å²) in [7, 11) is 0. The van der Waals surface area contributed by atoms with E-state index >= 15 is 0 Å². The molecule has 0 unspecified atom stereocenters. The molecule has 2 aliphatic heterocycles. The van der Waals surface area contributed by atoms with Crippen molar-refractivity contribution in [2.24, 2.45) is 10.8 Å². The van der Waals surface area contributed by atoms with Crippen molar-refractivity contribution in [1.82, 2.24) is 0 Å². The SMILES string of the molecule is CCC1(COc2ccc(C(C)(C)C)cc2OCC2(CC)COC2)COC1. The van der Waals surface area contributed by atoms with Crippen molar-refractivity contribution < 1.29 is 18.9 Å². The molecule has 0 amide bonds. The first-order valence-corrected chi connectivity index (χ1v) is 9.87. The Bertz CT molecular complexity index is 598. The summed E-state index contributed by atoms with van der Waals surface area (Å²) in [6, 6.07) is 6.36. The molecule has 146 valence electrons. The highest BCUT2D eigenvalue weighted by Gasteiger charge is 2.39. The fourth-order valence-corrected chi connectivity index (χ4v) is 3.23. The zero-order valence-corrected chi connectivity index (χ0v) is 17.0. The molecular weight excluding hydrogens is 328 g/mol. The molecule has 0 spiro atoms. The minimum Gasteiger partial charge on any atom is -0.489 e. The summed E-state index contributed by atoms with van der Waals surface area (Å²) in [5.41, 5.74) is 1.64. The zero-order chi connectivity index (χ0) is 18.8. The minimum absolute atomic E-state index is 0.0745. The molecule has 0 bridgehead atoms. The molecule has 4 heteroatoms. The quantitative estimate of drug-likeness (QED) is 0.677. The van der Waals surface area contributed by atoms with E-state index in [1.165, 1.54) is 5.56 Å². The minimum atomic E-state index is 0.0745. The van der Waals surface area contributed by atoms with Crippen LogP contribution < -0.4 is 9.47 Å². The van der Waals surface area contributed by atoms with Gasteiger partial charge in [0.05, 0.1) is 50.5 Å². The van der Waals surface area contributed by atoms with Gasteiger partial charge in [0.15, 0.2) is 11.5 Å². The van der Waals surface area contributed by atoms with Gasteiger partial charge in [0.2, 0.25) is 0 Å². The molecule has 2 aliphatic rings. The second-order valence-corrected chi connectivity index (χ2v) is 9.18. The fourth-order valence-electron chi connectivity index (χ4n) is 3.23. The second kappa shape index (κ2) is 7.40. The van der Waals surface area contributed by atoms with Crippen molar-refractivity contribution in [1.29, 1.82) is 0 Å². The molecule has 0 radical (unpaired) electrons. The van der Waals surface area contributed by atoms with Gasteiger partial charge in [-0.05, 0) is 36.0 Å². The number of hydrogen-bond acceptors (Lipinski definition) is 4. The first-order valence-electron chi connectivity index (χ1n) is 9.87. The first kappa shape index (κ1) is 19.5. The molecule has 1 aromatic rings. The van der Waals surface area contributed by atoms with Gasteiger partial charge in [-0.15, -0.1) is 0 Å². The summed E-state index contributed by atoms with van der Waals surface area (Å²) >= 11 is 0. The van der Waals surface area contributed by atoms with E-state index in [9.17, 15) is 0 Å². The molecule has 0 aliphatic carbocycles. The monoisotopic (exact) mass is 362 g/mol. The van der Waals surface area contributed by atoms with Crippen LogP contribution in [0, 0.1) is 10.8 Å². The third-order valence-corrected chi connectivity index (χ3v) is 6.01. The van der Waals surface area contributed by atoms with E-state index in [0.717, 1.165) is 50.8 Å². The van der Waals surface area contributed by atoms with Gasteiger partial charge in [-0.25, -0.2) is 0 Å². The smallest absolute Gasteiger partial charge is 0.161 e.